The first-order valence-corrected chi connectivity index (χ1v) is 11.1. The quantitative estimate of drug-likeness (QED) is 0.451. The molecule has 0 unspecified atom stereocenters. The van der Waals surface area contributed by atoms with E-state index in [-0.39, 0.29) is 23.9 Å². The molecule has 2 atom stereocenters. The van der Waals surface area contributed by atoms with Crippen molar-refractivity contribution in [3.8, 4) is 11.5 Å². The van der Waals surface area contributed by atoms with E-state index < -0.39 is 28.3 Å². The summed E-state index contributed by atoms with van der Waals surface area (Å²) in [4.78, 5) is 11.8. The summed E-state index contributed by atoms with van der Waals surface area (Å²) in [5.41, 5.74) is 1.82. The molecule has 31 heavy (non-hydrogen) atoms. The molecule has 8 nitrogen and oxygen atoms in total. The number of benzene rings is 2. The Balaban J connectivity index is 1.56. The minimum atomic E-state index is -4.10. The van der Waals surface area contributed by atoms with Crippen LogP contribution in [0.5, 0.6) is 11.5 Å². The number of hydrogen-bond donors (Lipinski definition) is 0. The maximum atomic E-state index is 12.9. The lowest BCUT2D eigenvalue weighted by molar-refractivity contribution is -0.143. The van der Waals surface area contributed by atoms with Gasteiger partial charge in [0, 0.05) is 0 Å². The predicted molar refractivity (Wildman–Crippen MR) is 109 cm³/mol. The highest BCUT2D eigenvalue weighted by atomic mass is 32.2. The van der Waals surface area contributed by atoms with Crippen LogP contribution in [0.3, 0.4) is 0 Å². The summed E-state index contributed by atoms with van der Waals surface area (Å²) >= 11 is 0. The van der Waals surface area contributed by atoms with Crippen molar-refractivity contribution >= 4 is 16.1 Å². The zero-order valence-electron chi connectivity index (χ0n) is 17.1. The van der Waals surface area contributed by atoms with Gasteiger partial charge in [0.15, 0.2) is 17.6 Å². The molecule has 164 valence electrons. The van der Waals surface area contributed by atoms with Gasteiger partial charge in [-0.1, -0.05) is 23.8 Å². The Morgan fingerprint density at radius 1 is 1.10 bits per heavy atom. The molecular formula is C22H22O8S. The molecule has 0 spiro atoms. The van der Waals surface area contributed by atoms with Crippen LogP contribution in [0.2, 0.25) is 0 Å². The van der Waals surface area contributed by atoms with E-state index in [0.717, 1.165) is 11.1 Å². The van der Waals surface area contributed by atoms with Crippen LogP contribution < -0.4 is 9.47 Å². The molecule has 0 fully saturated rings. The van der Waals surface area contributed by atoms with Crippen LogP contribution in [0.25, 0.3) is 0 Å². The Morgan fingerprint density at radius 3 is 2.58 bits per heavy atom. The predicted octanol–water partition coefficient (Wildman–Crippen LogP) is 2.89. The molecule has 2 aromatic rings. The van der Waals surface area contributed by atoms with Crippen molar-refractivity contribution in [2.75, 3.05) is 13.9 Å². The molecule has 0 N–H and O–H groups in total. The minimum absolute atomic E-state index is 0.0263. The van der Waals surface area contributed by atoms with Crippen LogP contribution in [0.15, 0.2) is 59.2 Å². The molecule has 2 aromatic carbocycles. The Labute approximate surface area is 180 Å². The second-order valence-corrected chi connectivity index (χ2v) is 8.81. The van der Waals surface area contributed by atoms with Crippen LogP contribution in [-0.4, -0.2) is 40.5 Å². The summed E-state index contributed by atoms with van der Waals surface area (Å²) in [6.07, 6.45) is -0.0414. The molecule has 0 aliphatic carbocycles. The van der Waals surface area contributed by atoms with Gasteiger partial charge in [-0.2, -0.15) is 8.42 Å². The van der Waals surface area contributed by atoms with E-state index in [1.165, 1.54) is 25.3 Å². The molecule has 9 heteroatoms. The second-order valence-electron chi connectivity index (χ2n) is 7.24. The number of rotatable bonds is 8. The summed E-state index contributed by atoms with van der Waals surface area (Å²) in [7, 11) is -2.70. The molecule has 0 saturated carbocycles. The summed E-state index contributed by atoms with van der Waals surface area (Å²) in [5.74, 6) is 0.908. The average molecular weight is 446 g/mol. The Kier molecular flexibility index (Phi) is 5.88. The number of esters is 1. The lowest BCUT2D eigenvalue weighted by atomic mass is 10.0. The van der Waals surface area contributed by atoms with E-state index in [0.29, 0.717) is 17.9 Å². The van der Waals surface area contributed by atoms with Gasteiger partial charge in [-0.25, -0.2) is 4.79 Å². The van der Waals surface area contributed by atoms with Crippen molar-refractivity contribution in [1.82, 2.24) is 0 Å². The average Bonchev–Trinajstić information content (AvgIpc) is 3.37. The van der Waals surface area contributed by atoms with Crippen LogP contribution in [0.4, 0.5) is 0 Å². The second kappa shape index (κ2) is 8.60. The first kappa shape index (κ1) is 21.2. The number of carbonyl (C=O) groups is 1. The fourth-order valence-electron chi connectivity index (χ4n) is 3.43. The van der Waals surface area contributed by atoms with Gasteiger partial charge in [0.25, 0.3) is 10.1 Å². The summed E-state index contributed by atoms with van der Waals surface area (Å²) < 4.78 is 52.6. The Bertz CT molecular complexity index is 1100. The fraction of sp³-hybridized carbons (Fsp3) is 0.318. The molecule has 0 amide bonds. The van der Waals surface area contributed by atoms with E-state index >= 15 is 0 Å². The van der Waals surface area contributed by atoms with Crippen molar-refractivity contribution < 1.29 is 36.3 Å². The normalized spacial score (nSPS) is 18.5. The molecular weight excluding hydrogens is 424 g/mol. The smallest absolute Gasteiger partial charge is 0.335 e. The maximum Gasteiger partial charge on any atom is 0.335 e. The van der Waals surface area contributed by atoms with Crippen LogP contribution in [0.1, 0.15) is 17.5 Å². The topological polar surface area (TPSA) is 97.4 Å². The fourth-order valence-corrected chi connectivity index (χ4v) is 4.53. The zero-order chi connectivity index (χ0) is 22.0. The van der Waals surface area contributed by atoms with Gasteiger partial charge < -0.3 is 18.9 Å². The third-order valence-electron chi connectivity index (χ3n) is 5.07. The van der Waals surface area contributed by atoms with Crippen molar-refractivity contribution in [1.29, 1.82) is 0 Å². The summed E-state index contributed by atoms with van der Waals surface area (Å²) in [6, 6.07) is 11.8. The number of ether oxygens (including phenoxy) is 4. The lowest BCUT2D eigenvalue weighted by Gasteiger charge is -2.24. The van der Waals surface area contributed by atoms with Gasteiger partial charge >= 0.3 is 5.97 Å². The van der Waals surface area contributed by atoms with Crippen LogP contribution >= 0.6 is 0 Å². The third-order valence-corrected chi connectivity index (χ3v) is 6.42. The molecule has 0 bridgehead atoms. The first-order chi connectivity index (χ1) is 14.9. The van der Waals surface area contributed by atoms with Crippen molar-refractivity contribution in [3.63, 3.8) is 0 Å². The number of cyclic esters (lactones) is 1. The molecule has 4 rings (SSSR count). The molecule has 0 saturated heterocycles. The molecule has 2 aliphatic heterocycles. The van der Waals surface area contributed by atoms with Crippen molar-refractivity contribution in [2.24, 2.45) is 0 Å². The Hall–Kier alpha value is -3.04. The first-order valence-electron chi connectivity index (χ1n) is 9.70. The van der Waals surface area contributed by atoms with Gasteiger partial charge in [0.2, 0.25) is 6.79 Å². The minimum Gasteiger partial charge on any atom is -0.497 e. The monoisotopic (exact) mass is 446 g/mol. The molecule has 2 heterocycles. The van der Waals surface area contributed by atoms with Gasteiger partial charge in [-0.05, 0) is 49.6 Å². The third kappa shape index (κ3) is 4.67. The number of hydrogen-bond acceptors (Lipinski definition) is 8. The SMILES string of the molecule is COC1=CC(=O)O[C@@H]1[C@H](CCc1ccc2c(c1)OCO2)OS(=O)(=O)c1ccc(C)cc1. The van der Waals surface area contributed by atoms with E-state index in [1.54, 1.807) is 18.2 Å². The van der Waals surface area contributed by atoms with Gasteiger partial charge in [0.05, 0.1) is 18.1 Å². The number of fused-ring (bicyclic) bond motifs is 1. The van der Waals surface area contributed by atoms with Crippen LogP contribution in [0, 0.1) is 6.92 Å². The van der Waals surface area contributed by atoms with Crippen molar-refractivity contribution in [2.45, 2.75) is 36.9 Å². The molecule has 0 aromatic heterocycles. The standard InChI is InChI=1S/C22H22O8S/c1-14-3-7-16(8-4-14)31(24,25)30-18(22-20(26-2)12-21(23)29-22)10-6-15-5-9-17-19(11-15)28-13-27-17/h3-5,7-9,11-12,18,22H,6,10,13H2,1-2H3/t18-,22+/m0/s1. The molecule has 2 aliphatic rings. The van der Waals surface area contributed by atoms with Gasteiger partial charge in [0.1, 0.15) is 11.9 Å². The summed E-state index contributed by atoms with van der Waals surface area (Å²) in [5, 5.41) is 0. The Morgan fingerprint density at radius 2 is 1.84 bits per heavy atom. The van der Waals surface area contributed by atoms with Gasteiger partial charge in [-0.3, -0.25) is 4.18 Å². The van der Waals surface area contributed by atoms with Crippen molar-refractivity contribution in [3.05, 3.63) is 65.4 Å². The highest BCUT2D eigenvalue weighted by Gasteiger charge is 2.38. The highest BCUT2D eigenvalue weighted by Crippen LogP contribution is 2.34. The highest BCUT2D eigenvalue weighted by molar-refractivity contribution is 7.86. The number of carbonyl (C=O) groups excluding carboxylic acids is 1. The van der Waals surface area contributed by atoms with E-state index in [1.807, 2.05) is 19.1 Å². The van der Waals surface area contributed by atoms with E-state index in [2.05, 4.69) is 0 Å². The molecule has 0 radical (unpaired) electrons. The van der Waals surface area contributed by atoms with Gasteiger partial charge in [-0.15, -0.1) is 0 Å². The van der Waals surface area contributed by atoms with E-state index in [4.69, 9.17) is 23.1 Å². The number of aryl methyl sites for hydroxylation is 2. The largest absolute Gasteiger partial charge is 0.497 e. The van der Waals surface area contributed by atoms with Crippen LogP contribution in [-0.2, 0) is 35.0 Å². The number of methoxy groups -OCH3 is 1. The summed E-state index contributed by atoms with van der Waals surface area (Å²) in [6.45, 7) is 2.03. The zero-order valence-corrected chi connectivity index (χ0v) is 17.9. The maximum absolute atomic E-state index is 12.9. The lowest BCUT2D eigenvalue weighted by Crippen LogP contribution is -2.34. The van der Waals surface area contributed by atoms with E-state index in [9.17, 15) is 13.2 Å².